The van der Waals surface area contributed by atoms with Gasteiger partial charge in [-0.2, -0.15) is 0 Å². The number of hydrogen-bond donors (Lipinski definition) is 2. The predicted molar refractivity (Wildman–Crippen MR) is 137 cm³/mol. The van der Waals surface area contributed by atoms with Gasteiger partial charge in [-0.3, -0.25) is 0 Å². The maximum Gasteiger partial charge on any atom is 0.231 e. The van der Waals surface area contributed by atoms with Crippen molar-refractivity contribution in [2.75, 3.05) is 25.6 Å². The lowest BCUT2D eigenvalue weighted by Crippen LogP contribution is -2.29. The molecule has 1 aliphatic rings. The third kappa shape index (κ3) is 4.70. The van der Waals surface area contributed by atoms with E-state index in [0.717, 1.165) is 45.9 Å². The SMILES string of the molecule is Cc1ccc(-c2cc3c(cc2Sc2nc4c(N)ncnc4n2CCNCC(C)(C)C)OCO3)s1. The number of nitrogens with one attached hydrogen (secondary N) is 1. The van der Waals surface area contributed by atoms with E-state index in [-0.39, 0.29) is 12.2 Å². The Bertz CT molecular complexity index is 1340. The molecule has 0 atom stereocenters. The molecule has 3 N–H and O–H groups in total. The highest BCUT2D eigenvalue weighted by Crippen LogP contribution is 2.46. The number of benzene rings is 1. The van der Waals surface area contributed by atoms with E-state index >= 15 is 0 Å². The fourth-order valence-corrected chi connectivity index (χ4v) is 5.77. The second kappa shape index (κ2) is 9.09. The molecule has 0 bridgehead atoms. The lowest BCUT2D eigenvalue weighted by molar-refractivity contribution is 0.174. The lowest BCUT2D eigenvalue weighted by Gasteiger charge is -2.19. The monoisotopic (exact) mass is 496 g/mol. The average molecular weight is 497 g/mol. The molecule has 3 aromatic heterocycles. The summed E-state index contributed by atoms with van der Waals surface area (Å²) in [5.74, 6) is 1.89. The summed E-state index contributed by atoms with van der Waals surface area (Å²) in [6, 6.07) is 8.37. The van der Waals surface area contributed by atoms with Crippen LogP contribution in [-0.4, -0.2) is 39.4 Å². The van der Waals surface area contributed by atoms with Crippen molar-refractivity contribution in [2.45, 2.75) is 44.3 Å². The first kappa shape index (κ1) is 22.9. The van der Waals surface area contributed by atoms with Crippen molar-refractivity contribution in [1.29, 1.82) is 0 Å². The summed E-state index contributed by atoms with van der Waals surface area (Å²) in [6.07, 6.45) is 1.49. The Hall–Kier alpha value is -2.82. The van der Waals surface area contributed by atoms with E-state index in [1.54, 1.807) is 23.1 Å². The van der Waals surface area contributed by atoms with Gasteiger partial charge in [-0.1, -0.05) is 32.5 Å². The predicted octanol–water partition coefficient (Wildman–Crippen LogP) is 4.96. The van der Waals surface area contributed by atoms with Gasteiger partial charge in [-0.15, -0.1) is 11.3 Å². The zero-order valence-electron chi connectivity index (χ0n) is 19.7. The smallest absolute Gasteiger partial charge is 0.231 e. The van der Waals surface area contributed by atoms with Gasteiger partial charge in [0, 0.05) is 39.8 Å². The van der Waals surface area contributed by atoms with Crippen molar-refractivity contribution >= 4 is 40.1 Å². The minimum absolute atomic E-state index is 0.210. The summed E-state index contributed by atoms with van der Waals surface area (Å²) in [7, 11) is 0. The molecule has 178 valence electrons. The zero-order chi connectivity index (χ0) is 23.9. The van der Waals surface area contributed by atoms with Gasteiger partial charge < -0.3 is 25.1 Å². The standard InChI is InChI=1S/C24H28N6O2S2/c1-14-5-6-18(33-14)15-9-16-17(32-13-31-16)10-19(15)34-23-29-20-21(25)27-12-28-22(20)30(23)8-7-26-11-24(2,3)4/h5-6,9-10,12,26H,7-8,11,13H2,1-4H3,(H2,25,27,28). The van der Waals surface area contributed by atoms with Crippen LogP contribution in [0, 0.1) is 12.3 Å². The highest BCUT2D eigenvalue weighted by Gasteiger charge is 2.23. The van der Waals surface area contributed by atoms with E-state index in [0.29, 0.717) is 17.9 Å². The van der Waals surface area contributed by atoms with Crippen LogP contribution in [0.15, 0.2) is 40.6 Å². The van der Waals surface area contributed by atoms with E-state index in [2.05, 4.69) is 65.7 Å². The second-order valence-corrected chi connectivity index (χ2v) is 11.7. The van der Waals surface area contributed by atoms with Gasteiger partial charge in [0.15, 0.2) is 33.6 Å². The van der Waals surface area contributed by atoms with Crippen LogP contribution in [0.1, 0.15) is 25.6 Å². The Labute approximate surface area is 206 Å². The number of hydrogen-bond acceptors (Lipinski definition) is 9. The summed E-state index contributed by atoms with van der Waals surface area (Å²) in [5.41, 5.74) is 8.82. The van der Waals surface area contributed by atoms with E-state index < -0.39 is 0 Å². The van der Waals surface area contributed by atoms with Crippen LogP contribution in [0.5, 0.6) is 11.5 Å². The Morgan fingerprint density at radius 2 is 1.97 bits per heavy atom. The summed E-state index contributed by atoms with van der Waals surface area (Å²) in [4.78, 5) is 17.0. The van der Waals surface area contributed by atoms with Gasteiger partial charge in [0.1, 0.15) is 6.33 Å². The molecule has 0 aliphatic carbocycles. The number of imidazole rings is 1. The van der Waals surface area contributed by atoms with Gasteiger partial charge in [0.25, 0.3) is 0 Å². The van der Waals surface area contributed by atoms with E-state index in [9.17, 15) is 0 Å². The third-order valence-electron chi connectivity index (χ3n) is 5.37. The number of fused-ring (bicyclic) bond motifs is 2. The first-order valence-electron chi connectivity index (χ1n) is 11.1. The van der Waals surface area contributed by atoms with Crippen LogP contribution in [0.4, 0.5) is 5.82 Å². The van der Waals surface area contributed by atoms with Crippen molar-refractivity contribution in [2.24, 2.45) is 5.41 Å². The highest BCUT2D eigenvalue weighted by molar-refractivity contribution is 7.99. The molecule has 5 rings (SSSR count). The minimum atomic E-state index is 0.210. The Morgan fingerprint density at radius 1 is 1.18 bits per heavy atom. The average Bonchev–Trinajstić information content (AvgIpc) is 3.49. The van der Waals surface area contributed by atoms with Crippen molar-refractivity contribution in [3.05, 3.63) is 35.5 Å². The Morgan fingerprint density at radius 3 is 2.71 bits per heavy atom. The molecule has 0 amide bonds. The molecular formula is C24H28N6O2S2. The second-order valence-electron chi connectivity index (χ2n) is 9.43. The molecule has 1 aromatic carbocycles. The molecule has 0 saturated heterocycles. The fourth-order valence-electron chi connectivity index (χ4n) is 3.75. The van der Waals surface area contributed by atoms with Crippen molar-refractivity contribution in [3.63, 3.8) is 0 Å². The molecule has 0 fully saturated rings. The number of nitrogens with zero attached hydrogens (tertiary/aromatic N) is 4. The summed E-state index contributed by atoms with van der Waals surface area (Å²) in [6.45, 7) is 11.4. The molecular weight excluding hydrogens is 468 g/mol. The molecule has 8 nitrogen and oxygen atoms in total. The van der Waals surface area contributed by atoms with Gasteiger partial charge in [-0.05, 0) is 36.6 Å². The first-order valence-corrected chi connectivity index (χ1v) is 12.8. The molecule has 10 heteroatoms. The minimum Gasteiger partial charge on any atom is -0.454 e. The molecule has 0 unspecified atom stereocenters. The Balaban J connectivity index is 1.53. The number of rotatable bonds is 7. The summed E-state index contributed by atoms with van der Waals surface area (Å²) >= 11 is 3.33. The van der Waals surface area contributed by atoms with E-state index in [1.165, 1.54) is 16.1 Å². The van der Waals surface area contributed by atoms with Crippen LogP contribution in [0.2, 0.25) is 0 Å². The molecule has 0 saturated carbocycles. The first-order chi connectivity index (χ1) is 16.3. The van der Waals surface area contributed by atoms with Crippen molar-refractivity contribution in [3.8, 4) is 21.9 Å². The molecule has 1 aliphatic heterocycles. The molecule has 0 radical (unpaired) electrons. The van der Waals surface area contributed by atoms with Crippen LogP contribution in [-0.2, 0) is 6.54 Å². The fraction of sp³-hybridized carbons (Fsp3) is 0.375. The number of aryl methyl sites for hydroxylation is 1. The van der Waals surface area contributed by atoms with Crippen LogP contribution < -0.4 is 20.5 Å². The topological polar surface area (TPSA) is 100 Å². The highest BCUT2D eigenvalue weighted by atomic mass is 32.2. The van der Waals surface area contributed by atoms with Gasteiger partial charge >= 0.3 is 0 Å². The van der Waals surface area contributed by atoms with Crippen LogP contribution in [0.3, 0.4) is 0 Å². The Kier molecular flexibility index (Phi) is 6.13. The molecule has 4 aromatic rings. The third-order valence-corrected chi connectivity index (χ3v) is 7.46. The maximum atomic E-state index is 6.15. The summed E-state index contributed by atoms with van der Waals surface area (Å²) < 4.78 is 13.5. The maximum absolute atomic E-state index is 6.15. The molecule has 34 heavy (non-hydrogen) atoms. The summed E-state index contributed by atoms with van der Waals surface area (Å²) in [5, 5.41) is 4.35. The van der Waals surface area contributed by atoms with Gasteiger partial charge in [0.2, 0.25) is 6.79 Å². The van der Waals surface area contributed by atoms with Crippen LogP contribution in [0.25, 0.3) is 21.6 Å². The number of nitrogens with two attached hydrogens (primary N) is 1. The van der Waals surface area contributed by atoms with Gasteiger partial charge in [0.05, 0.1) is 0 Å². The van der Waals surface area contributed by atoms with Crippen LogP contribution >= 0.6 is 23.1 Å². The number of anilines is 1. The van der Waals surface area contributed by atoms with E-state index in [4.69, 9.17) is 20.2 Å². The molecule has 0 spiro atoms. The number of thiophene rings is 1. The van der Waals surface area contributed by atoms with Gasteiger partial charge in [-0.25, -0.2) is 15.0 Å². The van der Waals surface area contributed by atoms with Crippen molar-refractivity contribution < 1.29 is 9.47 Å². The number of ether oxygens (including phenoxy) is 2. The zero-order valence-corrected chi connectivity index (χ0v) is 21.3. The quantitative estimate of drug-likeness (QED) is 0.346. The van der Waals surface area contributed by atoms with Crippen molar-refractivity contribution in [1.82, 2.24) is 24.8 Å². The number of nitrogen functional groups attached to an aromatic ring is 1. The number of aromatic nitrogens is 4. The van der Waals surface area contributed by atoms with E-state index in [1.807, 2.05) is 6.07 Å². The normalized spacial score (nSPS) is 13.2. The lowest BCUT2D eigenvalue weighted by atomic mass is 9.97. The molecule has 4 heterocycles. The largest absolute Gasteiger partial charge is 0.454 e.